The van der Waals surface area contributed by atoms with Crippen LogP contribution < -0.4 is 4.90 Å². The summed E-state index contributed by atoms with van der Waals surface area (Å²) in [6.45, 7) is 0.710. The summed E-state index contributed by atoms with van der Waals surface area (Å²) < 4.78 is 26.1. The van der Waals surface area contributed by atoms with E-state index >= 15 is 0 Å². The molecule has 0 aliphatic rings. The van der Waals surface area contributed by atoms with Crippen LogP contribution in [0.25, 0.3) is 0 Å². The van der Waals surface area contributed by atoms with Gasteiger partial charge < -0.3 is 4.90 Å². The quantitative estimate of drug-likeness (QED) is 0.709. The first-order valence-electron chi connectivity index (χ1n) is 4.59. The average molecular weight is 229 g/mol. The van der Waals surface area contributed by atoms with Crippen LogP contribution in [-0.2, 0) is 14.3 Å². The van der Waals surface area contributed by atoms with Crippen LogP contribution in [0, 0.1) is 0 Å². The predicted molar refractivity (Wildman–Crippen MR) is 60.5 cm³/mol. The van der Waals surface area contributed by atoms with E-state index in [1.807, 2.05) is 42.3 Å². The van der Waals surface area contributed by atoms with Crippen molar-refractivity contribution in [3.8, 4) is 0 Å². The maximum Gasteiger partial charge on any atom is 0.264 e. The van der Waals surface area contributed by atoms with Gasteiger partial charge in [0.15, 0.2) is 0 Å². The zero-order valence-corrected chi connectivity index (χ0v) is 9.70. The maximum atomic E-state index is 10.7. The highest BCUT2D eigenvalue weighted by molar-refractivity contribution is 7.85. The van der Waals surface area contributed by atoms with Gasteiger partial charge >= 0.3 is 0 Å². The van der Waals surface area contributed by atoms with Crippen molar-refractivity contribution in [2.75, 3.05) is 31.4 Å². The van der Waals surface area contributed by atoms with Crippen LogP contribution in [0.2, 0.25) is 0 Å². The second-order valence-corrected chi connectivity index (χ2v) is 4.93. The molecule has 0 spiro atoms. The molecule has 4 nitrogen and oxygen atoms in total. The van der Waals surface area contributed by atoms with E-state index in [1.54, 1.807) is 0 Å². The second kappa shape index (κ2) is 5.14. The summed E-state index contributed by atoms with van der Waals surface area (Å²) >= 11 is 0. The lowest BCUT2D eigenvalue weighted by Crippen LogP contribution is -2.23. The average Bonchev–Trinajstić information content (AvgIpc) is 2.17. The molecule has 15 heavy (non-hydrogen) atoms. The fourth-order valence-electron chi connectivity index (χ4n) is 1.14. The third kappa shape index (κ3) is 4.80. The van der Waals surface area contributed by atoms with Crippen LogP contribution in [0.3, 0.4) is 0 Å². The smallest absolute Gasteiger partial charge is 0.264 e. The number of para-hydroxylation sites is 1. The Morgan fingerprint density at radius 2 is 1.87 bits per heavy atom. The van der Waals surface area contributed by atoms with Crippen LogP contribution in [0.5, 0.6) is 0 Å². The van der Waals surface area contributed by atoms with E-state index in [-0.39, 0.29) is 6.61 Å². The lowest BCUT2D eigenvalue weighted by molar-refractivity contribution is 0.329. The number of anilines is 1. The Morgan fingerprint density at radius 1 is 1.27 bits per heavy atom. The predicted octanol–water partition coefficient (Wildman–Crippen LogP) is 1.10. The van der Waals surface area contributed by atoms with Crippen LogP contribution >= 0.6 is 0 Å². The standard InChI is InChI=1S/C10H15NO3S/c1-11(8-9-14-15(2,12)13)10-6-4-3-5-7-10/h3-7H,8-9H2,1-2H3. The van der Waals surface area contributed by atoms with Crippen molar-refractivity contribution in [1.29, 1.82) is 0 Å². The largest absolute Gasteiger partial charge is 0.372 e. The van der Waals surface area contributed by atoms with Gasteiger partial charge in [-0.05, 0) is 12.1 Å². The van der Waals surface area contributed by atoms with Crippen molar-refractivity contribution < 1.29 is 12.6 Å². The number of benzene rings is 1. The minimum Gasteiger partial charge on any atom is -0.372 e. The molecule has 0 amide bonds. The first-order valence-corrected chi connectivity index (χ1v) is 6.41. The molecule has 0 aliphatic heterocycles. The Labute approximate surface area is 90.6 Å². The fourth-order valence-corrected chi connectivity index (χ4v) is 1.51. The maximum absolute atomic E-state index is 10.7. The molecule has 84 valence electrons. The summed E-state index contributed by atoms with van der Waals surface area (Å²) in [5.74, 6) is 0. The third-order valence-electron chi connectivity index (χ3n) is 1.92. The van der Waals surface area contributed by atoms with E-state index in [9.17, 15) is 8.42 Å². The highest BCUT2D eigenvalue weighted by Gasteiger charge is 2.03. The molecule has 0 heterocycles. The van der Waals surface area contributed by atoms with Crippen LogP contribution in [0.4, 0.5) is 5.69 Å². The summed E-state index contributed by atoms with van der Waals surface area (Å²) in [6, 6.07) is 9.72. The van der Waals surface area contributed by atoms with E-state index in [2.05, 4.69) is 4.18 Å². The van der Waals surface area contributed by atoms with Gasteiger partial charge in [0.1, 0.15) is 0 Å². The van der Waals surface area contributed by atoms with E-state index in [0.717, 1.165) is 11.9 Å². The van der Waals surface area contributed by atoms with Gasteiger partial charge in [-0.3, -0.25) is 4.18 Å². The molecule has 1 aromatic carbocycles. The van der Waals surface area contributed by atoms with Gasteiger partial charge in [-0.15, -0.1) is 0 Å². The molecule has 0 saturated heterocycles. The van der Waals surface area contributed by atoms with Crippen molar-refractivity contribution in [2.24, 2.45) is 0 Å². The van der Waals surface area contributed by atoms with Crippen molar-refractivity contribution in [1.82, 2.24) is 0 Å². The third-order valence-corrected chi connectivity index (χ3v) is 2.52. The van der Waals surface area contributed by atoms with Gasteiger partial charge in [-0.2, -0.15) is 8.42 Å². The lowest BCUT2D eigenvalue weighted by Gasteiger charge is -2.18. The van der Waals surface area contributed by atoms with Gasteiger partial charge in [0.25, 0.3) is 10.1 Å². The van der Waals surface area contributed by atoms with E-state index < -0.39 is 10.1 Å². The van der Waals surface area contributed by atoms with E-state index in [1.165, 1.54) is 0 Å². The minimum absolute atomic E-state index is 0.171. The molecule has 0 fully saturated rings. The fraction of sp³-hybridized carbons (Fsp3) is 0.400. The summed E-state index contributed by atoms with van der Waals surface area (Å²) in [6.07, 6.45) is 1.05. The zero-order chi connectivity index (χ0) is 11.3. The molecule has 0 radical (unpaired) electrons. The SMILES string of the molecule is CN(CCOS(C)(=O)=O)c1ccccc1. The Balaban J connectivity index is 2.41. The Morgan fingerprint density at radius 3 is 2.40 bits per heavy atom. The van der Waals surface area contributed by atoms with Gasteiger partial charge in [-0.25, -0.2) is 0 Å². The second-order valence-electron chi connectivity index (χ2n) is 3.28. The number of hydrogen-bond acceptors (Lipinski definition) is 4. The molecule has 0 aliphatic carbocycles. The molecule has 0 N–H and O–H groups in total. The van der Waals surface area contributed by atoms with Gasteiger partial charge in [0, 0.05) is 19.3 Å². The summed E-state index contributed by atoms with van der Waals surface area (Å²) in [5.41, 5.74) is 1.04. The van der Waals surface area contributed by atoms with Crippen molar-refractivity contribution in [3.63, 3.8) is 0 Å². The van der Waals surface area contributed by atoms with Crippen molar-refractivity contribution in [3.05, 3.63) is 30.3 Å². The van der Waals surface area contributed by atoms with E-state index in [0.29, 0.717) is 6.54 Å². The normalized spacial score (nSPS) is 11.3. The monoisotopic (exact) mass is 229 g/mol. The van der Waals surface area contributed by atoms with Crippen LogP contribution in [-0.4, -0.2) is 34.9 Å². The first kappa shape index (κ1) is 12.0. The Bertz CT molecular complexity index is 388. The number of nitrogens with zero attached hydrogens (tertiary/aromatic N) is 1. The molecule has 5 heteroatoms. The molecule has 0 atom stereocenters. The number of hydrogen-bond donors (Lipinski definition) is 0. The van der Waals surface area contributed by atoms with Crippen LogP contribution in [0.1, 0.15) is 0 Å². The molecule has 0 aromatic heterocycles. The van der Waals surface area contributed by atoms with E-state index in [4.69, 9.17) is 0 Å². The molecular weight excluding hydrogens is 214 g/mol. The molecule has 0 saturated carbocycles. The first-order chi connectivity index (χ1) is 6.99. The Hall–Kier alpha value is -1.07. The van der Waals surface area contributed by atoms with Gasteiger partial charge in [0.2, 0.25) is 0 Å². The molecule has 0 bridgehead atoms. The molecule has 1 aromatic rings. The van der Waals surface area contributed by atoms with Crippen molar-refractivity contribution in [2.45, 2.75) is 0 Å². The topological polar surface area (TPSA) is 46.6 Å². The highest BCUT2D eigenvalue weighted by atomic mass is 32.2. The zero-order valence-electron chi connectivity index (χ0n) is 8.88. The number of rotatable bonds is 5. The summed E-state index contributed by atoms with van der Waals surface area (Å²) in [4.78, 5) is 1.94. The van der Waals surface area contributed by atoms with Crippen molar-refractivity contribution >= 4 is 15.8 Å². The number of likely N-dealkylation sites (N-methyl/N-ethyl adjacent to an activating group) is 1. The van der Waals surface area contributed by atoms with Gasteiger partial charge in [-0.1, -0.05) is 18.2 Å². The molecular formula is C10H15NO3S. The summed E-state index contributed by atoms with van der Waals surface area (Å²) in [7, 11) is -1.44. The minimum atomic E-state index is -3.33. The Kier molecular flexibility index (Phi) is 4.11. The molecule has 1 rings (SSSR count). The van der Waals surface area contributed by atoms with Crippen LogP contribution in [0.15, 0.2) is 30.3 Å². The highest BCUT2D eigenvalue weighted by Crippen LogP contribution is 2.10. The lowest BCUT2D eigenvalue weighted by atomic mass is 10.3. The van der Waals surface area contributed by atoms with Gasteiger partial charge in [0.05, 0.1) is 12.9 Å². The molecule has 0 unspecified atom stereocenters. The summed E-state index contributed by atoms with van der Waals surface area (Å²) in [5, 5.41) is 0.